The van der Waals surface area contributed by atoms with Gasteiger partial charge in [-0.2, -0.15) is 0 Å². The van der Waals surface area contributed by atoms with Crippen LogP contribution in [0.1, 0.15) is 5.56 Å². The van der Waals surface area contributed by atoms with E-state index in [1.807, 2.05) is 0 Å². The lowest BCUT2D eigenvalue weighted by Crippen LogP contribution is -1.94. The van der Waals surface area contributed by atoms with Crippen LogP contribution in [0.25, 0.3) is 0 Å². The van der Waals surface area contributed by atoms with E-state index >= 15 is 0 Å². The zero-order valence-electron chi connectivity index (χ0n) is 8.78. The molecule has 0 unspecified atom stereocenters. The molecular formula is C13H9F2NO. The number of rotatable bonds is 3. The Morgan fingerprint density at radius 2 is 1.71 bits per heavy atom. The molecule has 0 heterocycles. The average Bonchev–Trinajstić information content (AvgIpc) is 2.34. The van der Waals surface area contributed by atoms with E-state index in [2.05, 4.69) is 0 Å². The Labute approximate surface area is 97.0 Å². The molecular weight excluding hydrogens is 224 g/mol. The second kappa shape index (κ2) is 4.74. The first-order valence-corrected chi connectivity index (χ1v) is 4.93. The summed E-state index contributed by atoms with van der Waals surface area (Å²) in [6.45, 7) is 0. The molecule has 2 aromatic carbocycles. The highest BCUT2D eigenvalue weighted by atomic mass is 19.1. The number of hydrogen-bond acceptors (Lipinski definition) is 2. The van der Waals surface area contributed by atoms with Gasteiger partial charge in [-0.25, -0.2) is 8.78 Å². The first kappa shape index (κ1) is 11.3. The van der Waals surface area contributed by atoms with E-state index in [1.165, 1.54) is 0 Å². The molecule has 0 amide bonds. The molecule has 0 radical (unpaired) electrons. The van der Waals surface area contributed by atoms with Crippen LogP contribution < -0.4 is 4.74 Å². The second-order valence-corrected chi connectivity index (χ2v) is 3.36. The summed E-state index contributed by atoms with van der Waals surface area (Å²) >= 11 is 0. The van der Waals surface area contributed by atoms with Crippen LogP contribution in [0.15, 0.2) is 42.5 Å². The Kier molecular flexibility index (Phi) is 3.14. The van der Waals surface area contributed by atoms with E-state index in [0.29, 0.717) is 5.75 Å². The van der Waals surface area contributed by atoms with Gasteiger partial charge in [0.1, 0.15) is 11.6 Å². The number of halogens is 2. The number of nitrogens with one attached hydrogen (secondary N) is 1. The molecule has 17 heavy (non-hydrogen) atoms. The smallest absolute Gasteiger partial charge is 0.166 e. The Hall–Kier alpha value is -2.23. The van der Waals surface area contributed by atoms with Gasteiger partial charge in [0, 0.05) is 17.8 Å². The van der Waals surface area contributed by atoms with Crippen LogP contribution in [0.5, 0.6) is 11.5 Å². The zero-order valence-corrected chi connectivity index (χ0v) is 8.78. The summed E-state index contributed by atoms with van der Waals surface area (Å²) in [7, 11) is 0. The molecule has 2 aromatic rings. The maximum Gasteiger partial charge on any atom is 0.166 e. The summed E-state index contributed by atoms with van der Waals surface area (Å²) < 4.78 is 32.0. The van der Waals surface area contributed by atoms with Crippen molar-refractivity contribution in [2.75, 3.05) is 0 Å². The molecule has 0 atom stereocenters. The minimum Gasteiger partial charge on any atom is -0.454 e. The van der Waals surface area contributed by atoms with Gasteiger partial charge in [-0.05, 0) is 18.2 Å². The van der Waals surface area contributed by atoms with Crippen molar-refractivity contribution in [2.45, 2.75) is 0 Å². The van der Waals surface area contributed by atoms with E-state index in [-0.39, 0.29) is 11.3 Å². The molecule has 0 saturated carbocycles. The number of hydrogen-bond donors (Lipinski definition) is 1. The van der Waals surface area contributed by atoms with Gasteiger partial charge in [-0.3, -0.25) is 0 Å². The molecule has 1 N–H and O–H groups in total. The molecule has 0 aliphatic carbocycles. The molecule has 0 fully saturated rings. The Balaban J connectivity index is 2.34. The maximum atomic E-state index is 13.5. The highest BCUT2D eigenvalue weighted by Crippen LogP contribution is 2.26. The average molecular weight is 233 g/mol. The lowest BCUT2D eigenvalue weighted by atomic mass is 10.2. The molecule has 2 rings (SSSR count). The number of para-hydroxylation sites is 1. The van der Waals surface area contributed by atoms with Gasteiger partial charge < -0.3 is 10.1 Å². The molecule has 0 aromatic heterocycles. The molecule has 0 aliphatic heterocycles. The van der Waals surface area contributed by atoms with Crippen LogP contribution in [-0.2, 0) is 0 Å². The molecule has 0 spiro atoms. The Morgan fingerprint density at radius 3 is 2.35 bits per heavy atom. The maximum absolute atomic E-state index is 13.5. The standard InChI is InChI=1S/C13H9F2NO/c14-11-7-13(12(15)6-9(11)8-16)17-10-4-2-1-3-5-10/h1-8,16H. The van der Waals surface area contributed by atoms with Crippen LogP contribution in [0, 0.1) is 17.0 Å². The largest absolute Gasteiger partial charge is 0.454 e. The fraction of sp³-hybridized carbons (Fsp3) is 0. The van der Waals surface area contributed by atoms with Crippen LogP contribution in [0.2, 0.25) is 0 Å². The quantitative estimate of drug-likeness (QED) is 0.804. The van der Waals surface area contributed by atoms with Crippen LogP contribution >= 0.6 is 0 Å². The Morgan fingerprint density at radius 1 is 1.00 bits per heavy atom. The van der Waals surface area contributed by atoms with Crippen molar-refractivity contribution in [2.24, 2.45) is 0 Å². The van der Waals surface area contributed by atoms with Crippen molar-refractivity contribution in [3.05, 3.63) is 59.7 Å². The minimum absolute atomic E-state index is 0.108. The fourth-order valence-electron chi connectivity index (χ4n) is 1.35. The SMILES string of the molecule is N=Cc1cc(F)c(Oc2ccccc2)cc1F. The molecule has 4 heteroatoms. The van der Waals surface area contributed by atoms with Crippen molar-refractivity contribution >= 4 is 6.21 Å². The molecule has 0 aliphatic rings. The van der Waals surface area contributed by atoms with Gasteiger partial charge in [0.2, 0.25) is 0 Å². The lowest BCUT2D eigenvalue weighted by Gasteiger charge is -2.07. The first-order valence-electron chi connectivity index (χ1n) is 4.93. The highest BCUT2D eigenvalue weighted by molar-refractivity contribution is 5.77. The van der Waals surface area contributed by atoms with Gasteiger partial charge in [0.25, 0.3) is 0 Å². The second-order valence-electron chi connectivity index (χ2n) is 3.36. The summed E-state index contributed by atoms with van der Waals surface area (Å²) in [5, 5.41) is 6.90. The molecule has 0 saturated heterocycles. The predicted molar refractivity (Wildman–Crippen MR) is 60.8 cm³/mol. The molecule has 2 nitrogen and oxygen atoms in total. The fourth-order valence-corrected chi connectivity index (χ4v) is 1.35. The summed E-state index contributed by atoms with van der Waals surface area (Å²) in [6.07, 6.45) is 0.755. The van der Waals surface area contributed by atoms with Crippen molar-refractivity contribution < 1.29 is 13.5 Å². The molecule has 0 bridgehead atoms. The van der Waals surface area contributed by atoms with Crippen molar-refractivity contribution in [1.82, 2.24) is 0 Å². The summed E-state index contributed by atoms with van der Waals surface area (Å²) in [5.41, 5.74) is -0.108. The minimum atomic E-state index is -0.700. The van der Waals surface area contributed by atoms with Gasteiger partial charge >= 0.3 is 0 Å². The van der Waals surface area contributed by atoms with Crippen LogP contribution in [0.4, 0.5) is 8.78 Å². The van der Waals surface area contributed by atoms with Crippen molar-refractivity contribution in [3.63, 3.8) is 0 Å². The highest BCUT2D eigenvalue weighted by Gasteiger charge is 2.10. The van der Waals surface area contributed by atoms with E-state index in [4.69, 9.17) is 10.1 Å². The van der Waals surface area contributed by atoms with Crippen molar-refractivity contribution in [3.8, 4) is 11.5 Å². The number of ether oxygens (including phenoxy) is 1. The van der Waals surface area contributed by atoms with Crippen LogP contribution in [-0.4, -0.2) is 6.21 Å². The van der Waals surface area contributed by atoms with Gasteiger partial charge in [0.15, 0.2) is 11.6 Å². The molecule has 86 valence electrons. The third-order valence-electron chi connectivity index (χ3n) is 2.18. The zero-order chi connectivity index (χ0) is 12.3. The Bertz CT molecular complexity index is 541. The summed E-state index contributed by atoms with van der Waals surface area (Å²) in [5.74, 6) is -1.16. The van der Waals surface area contributed by atoms with E-state index in [1.54, 1.807) is 30.3 Å². The third-order valence-corrected chi connectivity index (χ3v) is 2.18. The normalized spacial score (nSPS) is 10.0. The van der Waals surface area contributed by atoms with Gasteiger partial charge in [-0.15, -0.1) is 0 Å². The first-order chi connectivity index (χ1) is 8.20. The van der Waals surface area contributed by atoms with E-state index in [0.717, 1.165) is 18.3 Å². The monoisotopic (exact) mass is 233 g/mol. The summed E-state index contributed by atoms with van der Waals surface area (Å²) in [6, 6.07) is 10.4. The van der Waals surface area contributed by atoms with E-state index < -0.39 is 11.6 Å². The van der Waals surface area contributed by atoms with Gasteiger partial charge in [0.05, 0.1) is 0 Å². The lowest BCUT2D eigenvalue weighted by molar-refractivity contribution is 0.436. The summed E-state index contributed by atoms with van der Waals surface area (Å²) in [4.78, 5) is 0. The third kappa shape index (κ3) is 2.47. The van der Waals surface area contributed by atoms with E-state index in [9.17, 15) is 8.78 Å². The topological polar surface area (TPSA) is 33.1 Å². The van der Waals surface area contributed by atoms with Gasteiger partial charge in [-0.1, -0.05) is 18.2 Å². The predicted octanol–water partition coefficient (Wildman–Crippen LogP) is 3.75. The number of benzene rings is 2. The van der Waals surface area contributed by atoms with Crippen LogP contribution in [0.3, 0.4) is 0 Å². The van der Waals surface area contributed by atoms with Crippen molar-refractivity contribution in [1.29, 1.82) is 5.41 Å².